The Morgan fingerprint density at radius 2 is 1.30 bits per heavy atom. The van der Waals surface area contributed by atoms with Gasteiger partial charge in [0.05, 0.1) is 6.42 Å². The van der Waals surface area contributed by atoms with Crippen LogP contribution in [0, 0.1) is 5.82 Å². The van der Waals surface area contributed by atoms with Crippen molar-refractivity contribution in [3.05, 3.63) is 142 Å². The van der Waals surface area contributed by atoms with Crippen molar-refractivity contribution in [3.63, 3.8) is 0 Å². The molecule has 4 aromatic carbocycles. The lowest BCUT2D eigenvalue weighted by atomic mass is 10.0. The van der Waals surface area contributed by atoms with Gasteiger partial charge >= 0.3 is 0 Å². The topological polar surface area (TPSA) is 49.4 Å². The zero-order valence-corrected chi connectivity index (χ0v) is 21.1. The van der Waals surface area contributed by atoms with E-state index in [1.54, 1.807) is 41.3 Å². The van der Waals surface area contributed by atoms with Crippen molar-refractivity contribution in [2.75, 3.05) is 0 Å². The van der Waals surface area contributed by atoms with E-state index in [0.717, 1.165) is 22.3 Å². The molecule has 0 aliphatic heterocycles. The smallest absolute Gasteiger partial charge is 0.243 e. The first-order valence-electron chi connectivity index (χ1n) is 12.1. The van der Waals surface area contributed by atoms with Gasteiger partial charge in [-0.25, -0.2) is 4.39 Å². The molecule has 0 saturated carbocycles. The summed E-state index contributed by atoms with van der Waals surface area (Å²) < 4.78 is 13.6. The van der Waals surface area contributed by atoms with Crippen molar-refractivity contribution >= 4 is 23.4 Å². The summed E-state index contributed by atoms with van der Waals surface area (Å²) in [5.41, 5.74) is 3.43. The van der Waals surface area contributed by atoms with Gasteiger partial charge in [0.25, 0.3) is 0 Å². The fraction of sp³-hybridized carbons (Fsp3) is 0.161. The van der Waals surface area contributed by atoms with Crippen LogP contribution in [0.5, 0.6) is 0 Å². The molecular weight excluding hydrogens is 487 g/mol. The van der Waals surface area contributed by atoms with Crippen molar-refractivity contribution in [1.29, 1.82) is 0 Å². The van der Waals surface area contributed by atoms with Gasteiger partial charge in [-0.2, -0.15) is 0 Å². The van der Waals surface area contributed by atoms with Crippen molar-refractivity contribution < 1.29 is 14.0 Å². The number of nitrogens with one attached hydrogen (secondary N) is 1. The van der Waals surface area contributed by atoms with Gasteiger partial charge in [-0.15, -0.1) is 0 Å². The van der Waals surface area contributed by atoms with Crippen LogP contribution in [0.3, 0.4) is 0 Å². The zero-order chi connectivity index (χ0) is 26.0. The van der Waals surface area contributed by atoms with Gasteiger partial charge in [-0.05, 0) is 46.5 Å². The van der Waals surface area contributed by atoms with Crippen molar-refractivity contribution in [2.24, 2.45) is 0 Å². The van der Waals surface area contributed by atoms with E-state index in [2.05, 4.69) is 5.32 Å². The largest absolute Gasteiger partial charge is 0.350 e. The molecule has 0 aliphatic carbocycles. The second kappa shape index (κ2) is 12.8. The fourth-order valence-electron chi connectivity index (χ4n) is 4.12. The summed E-state index contributed by atoms with van der Waals surface area (Å²) in [6.45, 7) is 0.518. The van der Waals surface area contributed by atoms with E-state index < -0.39 is 6.04 Å². The summed E-state index contributed by atoms with van der Waals surface area (Å²) in [6.07, 6.45) is 0.449. The summed E-state index contributed by atoms with van der Waals surface area (Å²) >= 11 is 6.02. The first-order valence-corrected chi connectivity index (χ1v) is 12.5. The van der Waals surface area contributed by atoms with Crippen molar-refractivity contribution in [2.45, 2.75) is 32.0 Å². The van der Waals surface area contributed by atoms with Gasteiger partial charge in [-0.1, -0.05) is 96.5 Å². The molecule has 0 spiro atoms. The zero-order valence-electron chi connectivity index (χ0n) is 20.3. The molecule has 4 rings (SSSR count). The molecule has 1 atom stereocenters. The van der Waals surface area contributed by atoms with E-state index in [0.29, 0.717) is 18.0 Å². The number of hydrogen-bond acceptors (Lipinski definition) is 2. The molecule has 0 heterocycles. The van der Waals surface area contributed by atoms with E-state index in [4.69, 9.17) is 11.6 Å². The second-order valence-corrected chi connectivity index (χ2v) is 9.30. The third-order valence-corrected chi connectivity index (χ3v) is 6.37. The van der Waals surface area contributed by atoms with Crippen LogP contribution in [0.2, 0.25) is 5.02 Å². The third-order valence-electron chi connectivity index (χ3n) is 6.12. The van der Waals surface area contributed by atoms with Crippen LogP contribution in [0.15, 0.2) is 109 Å². The van der Waals surface area contributed by atoms with Gasteiger partial charge in [-0.3, -0.25) is 9.59 Å². The highest BCUT2D eigenvalue weighted by Gasteiger charge is 2.30. The second-order valence-electron chi connectivity index (χ2n) is 8.86. The van der Waals surface area contributed by atoms with Crippen molar-refractivity contribution in [3.8, 4) is 0 Å². The van der Waals surface area contributed by atoms with E-state index in [1.807, 2.05) is 60.7 Å². The lowest BCUT2D eigenvalue weighted by Gasteiger charge is -2.32. The summed E-state index contributed by atoms with van der Waals surface area (Å²) in [4.78, 5) is 28.9. The first kappa shape index (κ1) is 26.1. The predicted octanol–water partition coefficient (Wildman–Crippen LogP) is 5.98. The molecule has 0 aromatic heterocycles. The lowest BCUT2D eigenvalue weighted by molar-refractivity contribution is -0.140. The van der Waals surface area contributed by atoms with Crippen LogP contribution >= 0.6 is 11.6 Å². The Kier molecular flexibility index (Phi) is 9.06. The minimum atomic E-state index is -0.768. The predicted molar refractivity (Wildman–Crippen MR) is 144 cm³/mol. The molecular formula is C31H28ClFN2O2. The van der Waals surface area contributed by atoms with E-state index >= 15 is 0 Å². The summed E-state index contributed by atoms with van der Waals surface area (Å²) in [7, 11) is 0. The Morgan fingerprint density at radius 3 is 1.92 bits per heavy atom. The molecule has 4 nitrogen and oxygen atoms in total. The van der Waals surface area contributed by atoms with Crippen LogP contribution in [-0.4, -0.2) is 22.8 Å². The number of carbonyl (C=O) groups is 2. The number of amides is 2. The number of rotatable bonds is 10. The maximum absolute atomic E-state index is 13.7. The van der Waals surface area contributed by atoms with Crippen LogP contribution in [0.25, 0.3) is 0 Å². The summed E-state index contributed by atoms with van der Waals surface area (Å²) in [6, 6.07) is 31.6. The molecule has 0 saturated heterocycles. The average molecular weight is 515 g/mol. The number of halogens is 2. The molecule has 0 unspecified atom stereocenters. The maximum atomic E-state index is 13.7. The number of carbonyl (C=O) groups excluding carboxylic acids is 2. The van der Waals surface area contributed by atoms with E-state index in [1.165, 1.54) is 12.1 Å². The van der Waals surface area contributed by atoms with Crippen molar-refractivity contribution in [1.82, 2.24) is 10.2 Å². The van der Waals surface area contributed by atoms with Gasteiger partial charge in [0.15, 0.2) is 0 Å². The first-order chi connectivity index (χ1) is 18.0. The minimum Gasteiger partial charge on any atom is -0.350 e. The Balaban J connectivity index is 1.64. The molecule has 37 heavy (non-hydrogen) atoms. The fourth-order valence-corrected chi connectivity index (χ4v) is 4.25. The van der Waals surface area contributed by atoms with Crippen LogP contribution < -0.4 is 5.32 Å². The molecule has 0 bridgehead atoms. The number of hydrogen-bond donors (Lipinski definition) is 1. The molecule has 4 aromatic rings. The molecule has 188 valence electrons. The molecule has 0 radical (unpaired) electrons. The van der Waals surface area contributed by atoms with Gasteiger partial charge < -0.3 is 10.2 Å². The highest BCUT2D eigenvalue weighted by molar-refractivity contribution is 6.30. The van der Waals surface area contributed by atoms with Crippen LogP contribution in [0.1, 0.15) is 22.3 Å². The molecule has 0 aliphatic rings. The van der Waals surface area contributed by atoms with E-state index in [-0.39, 0.29) is 30.6 Å². The quantitative estimate of drug-likeness (QED) is 0.283. The molecule has 2 amide bonds. The monoisotopic (exact) mass is 514 g/mol. The number of benzene rings is 4. The third kappa shape index (κ3) is 7.76. The van der Waals surface area contributed by atoms with Gasteiger partial charge in [0.2, 0.25) is 11.8 Å². The minimum absolute atomic E-state index is 0.107. The normalized spacial score (nSPS) is 11.5. The lowest BCUT2D eigenvalue weighted by Crippen LogP contribution is -2.50. The highest BCUT2D eigenvalue weighted by atomic mass is 35.5. The Labute approximate surface area is 221 Å². The Morgan fingerprint density at radius 1 is 0.730 bits per heavy atom. The van der Waals surface area contributed by atoms with Gasteiger partial charge in [0, 0.05) is 24.5 Å². The molecule has 6 heteroatoms. The van der Waals surface area contributed by atoms with E-state index in [9.17, 15) is 14.0 Å². The maximum Gasteiger partial charge on any atom is 0.243 e. The summed E-state index contributed by atoms with van der Waals surface area (Å²) in [5, 5.41) is 3.60. The highest BCUT2D eigenvalue weighted by Crippen LogP contribution is 2.18. The van der Waals surface area contributed by atoms with Crippen LogP contribution in [-0.2, 0) is 35.5 Å². The molecule has 0 fully saturated rings. The number of nitrogens with zero attached hydrogens (tertiary/aromatic N) is 1. The average Bonchev–Trinajstić information content (AvgIpc) is 2.92. The van der Waals surface area contributed by atoms with Gasteiger partial charge in [0.1, 0.15) is 11.9 Å². The Hall–Kier alpha value is -3.96. The van der Waals surface area contributed by atoms with Crippen LogP contribution in [0.4, 0.5) is 4.39 Å². The molecule has 1 N–H and O–H groups in total. The standard InChI is InChI=1S/C31H28ClFN2O2/c32-27-15-11-24(12-16-27)20-30(36)35(22-26-13-17-28(33)18-14-26)29(19-23-7-3-1-4-8-23)31(37)34-21-25-9-5-2-6-10-25/h1-18,29H,19-22H2,(H,34,37)/t29-/m1/s1. The summed E-state index contributed by atoms with van der Waals surface area (Å²) in [5.74, 6) is -0.814. The Bertz CT molecular complexity index is 1300. The SMILES string of the molecule is O=C(NCc1ccccc1)[C@@H](Cc1ccccc1)N(Cc1ccc(F)cc1)C(=O)Cc1ccc(Cl)cc1.